The Balaban J connectivity index is 1.96. The summed E-state index contributed by atoms with van der Waals surface area (Å²) in [5.41, 5.74) is 1.00. The lowest BCUT2D eigenvalue weighted by Gasteiger charge is -2.12. The van der Waals surface area contributed by atoms with Crippen molar-refractivity contribution in [3.63, 3.8) is 0 Å². The molecule has 1 saturated heterocycles. The molecule has 1 fully saturated rings. The Labute approximate surface area is 174 Å². The van der Waals surface area contributed by atoms with Crippen LogP contribution in [0.15, 0.2) is 69.5 Å². The van der Waals surface area contributed by atoms with Crippen LogP contribution in [-0.2, 0) is 4.79 Å². The second kappa shape index (κ2) is 8.45. The number of rotatable bonds is 5. The van der Waals surface area contributed by atoms with E-state index in [0.717, 1.165) is 10.0 Å². The van der Waals surface area contributed by atoms with Crippen molar-refractivity contribution >= 4 is 56.5 Å². The minimum absolute atomic E-state index is 0.199. The van der Waals surface area contributed by atoms with Crippen LogP contribution in [0.4, 0.5) is 5.69 Å². The molecule has 0 spiro atoms. The number of aliphatic imine (C=N–C) groups is 1. The summed E-state index contributed by atoms with van der Waals surface area (Å²) in [6.07, 6.45) is 3.38. The first kappa shape index (κ1) is 19.9. The van der Waals surface area contributed by atoms with Gasteiger partial charge in [0.15, 0.2) is 5.17 Å². The van der Waals surface area contributed by atoms with E-state index in [1.54, 1.807) is 12.2 Å². The summed E-state index contributed by atoms with van der Waals surface area (Å²) in [5, 5.41) is 19.3. The Kier molecular flexibility index (Phi) is 6.01. The molecule has 0 aromatic heterocycles. The Hall–Kier alpha value is -2.84. The number of carbonyl (C=O) groups is 2. The highest BCUT2D eigenvalue weighted by Crippen LogP contribution is 2.35. The zero-order valence-electron chi connectivity index (χ0n) is 14.5. The molecule has 8 heteroatoms. The maximum absolute atomic E-state index is 12.8. The van der Waals surface area contributed by atoms with Gasteiger partial charge in [-0.3, -0.25) is 9.69 Å². The molecule has 1 aliphatic heterocycles. The Bertz CT molecular complexity index is 1030. The number of benzene rings is 2. The summed E-state index contributed by atoms with van der Waals surface area (Å²) >= 11 is 4.61. The van der Waals surface area contributed by atoms with E-state index in [1.807, 2.05) is 24.3 Å². The van der Waals surface area contributed by atoms with Gasteiger partial charge in [-0.25, -0.2) is 9.79 Å². The molecule has 0 unspecified atom stereocenters. The molecule has 28 heavy (non-hydrogen) atoms. The van der Waals surface area contributed by atoms with Crippen LogP contribution in [-0.4, -0.2) is 38.7 Å². The number of carbonyl (C=O) groups excluding carboxylic acids is 1. The predicted molar refractivity (Wildman–Crippen MR) is 114 cm³/mol. The van der Waals surface area contributed by atoms with Crippen molar-refractivity contribution in [2.24, 2.45) is 4.99 Å². The molecule has 0 saturated carbocycles. The van der Waals surface area contributed by atoms with Crippen molar-refractivity contribution in [2.75, 3.05) is 6.54 Å². The summed E-state index contributed by atoms with van der Waals surface area (Å²) in [7, 11) is 0. The van der Waals surface area contributed by atoms with Gasteiger partial charge in [0.1, 0.15) is 11.3 Å². The third kappa shape index (κ3) is 4.35. The highest BCUT2D eigenvalue weighted by Gasteiger charge is 2.32. The number of hydrogen-bond donors (Lipinski definition) is 2. The van der Waals surface area contributed by atoms with Crippen LogP contribution in [0, 0.1) is 0 Å². The molecule has 3 rings (SSSR count). The van der Waals surface area contributed by atoms with E-state index >= 15 is 0 Å². The average molecular weight is 459 g/mol. The maximum Gasteiger partial charge on any atom is 0.339 e. The largest absolute Gasteiger partial charge is 0.507 e. The average Bonchev–Trinajstić information content (AvgIpc) is 2.91. The van der Waals surface area contributed by atoms with Gasteiger partial charge in [-0.05, 0) is 47.7 Å². The van der Waals surface area contributed by atoms with Gasteiger partial charge in [0.05, 0.1) is 10.6 Å². The molecule has 142 valence electrons. The van der Waals surface area contributed by atoms with Crippen LogP contribution >= 0.6 is 27.7 Å². The van der Waals surface area contributed by atoms with Gasteiger partial charge in [0, 0.05) is 17.1 Å². The summed E-state index contributed by atoms with van der Waals surface area (Å²) in [4.78, 5) is 30.2. The van der Waals surface area contributed by atoms with Crippen LogP contribution in [0.1, 0.15) is 15.9 Å². The van der Waals surface area contributed by atoms with Crippen molar-refractivity contribution in [3.05, 3.63) is 75.6 Å². The Morgan fingerprint density at radius 2 is 2.07 bits per heavy atom. The van der Waals surface area contributed by atoms with Crippen molar-refractivity contribution in [1.82, 2.24) is 4.90 Å². The number of hydrogen-bond acceptors (Lipinski definition) is 5. The molecule has 0 atom stereocenters. The van der Waals surface area contributed by atoms with Crippen LogP contribution in [0.25, 0.3) is 6.08 Å². The van der Waals surface area contributed by atoms with E-state index in [0.29, 0.717) is 15.8 Å². The second-order valence-corrected chi connectivity index (χ2v) is 7.70. The van der Waals surface area contributed by atoms with Crippen LogP contribution in [0.2, 0.25) is 0 Å². The van der Waals surface area contributed by atoms with Gasteiger partial charge < -0.3 is 10.2 Å². The number of amides is 1. The van der Waals surface area contributed by atoms with Crippen molar-refractivity contribution in [1.29, 1.82) is 0 Å². The minimum Gasteiger partial charge on any atom is -0.507 e. The third-order valence-electron chi connectivity index (χ3n) is 3.78. The monoisotopic (exact) mass is 458 g/mol. The van der Waals surface area contributed by atoms with Crippen molar-refractivity contribution < 1.29 is 19.8 Å². The first-order valence-electron chi connectivity index (χ1n) is 8.12. The first-order valence-corrected chi connectivity index (χ1v) is 9.73. The number of amidine groups is 1. The molecular formula is C20H15BrN2O4S. The van der Waals surface area contributed by atoms with Crippen molar-refractivity contribution in [3.8, 4) is 5.75 Å². The van der Waals surface area contributed by atoms with E-state index in [4.69, 9.17) is 5.11 Å². The topological polar surface area (TPSA) is 90.2 Å². The molecule has 0 bridgehead atoms. The van der Waals surface area contributed by atoms with Gasteiger partial charge in [0.25, 0.3) is 5.91 Å². The molecule has 2 aromatic rings. The van der Waals surface area contributed by atoms with Crippen molar-refractivity contribution in [2.45, 2.75) is 0 Å². The number of aromatic hydroxyl groups is 1. The van der Waals surface area contributed by atoms with Crippen LogP contribution in [0.5, 0.6) is 5.75 Å². The molecule has 2 aromatic carbocycles. The normalized spacial score (nSPS) is 16.8. The molecular weight excluding hydrogens is 444 g/mol. The first-order chi connectivity index (χ1) is 13.4. The smallest absolute Gasteiger partial charge is 0.339 e. The Morgan fingerprint density at radius 1 is 1.29 bits per heavy atom. The second-order valence-electron chi connectivity index (χ2n) is 5.77. The van der Waals surface area contributed by atoms with E-state index < -0.39 is 5.97 Å². The minimum atomic E-state index is -1.23. The maximum atomic E-state index is 12.8. The number of carboxylic acid groups (broad SMARTS) is 1. The Morgan fingerprint density at radius 3 is 2.71 bits per heavy atom. The molecule has 0 aliphatic carbocycles. The number of halogens is 1. The fourth-order valence-corrected chi connectivity index (χ4v) is 3.93. The van der Waals surface area contributed by atoms with Crippen LogP contribution < -0.4 is 0 Å². The summed E-state index contributed by atoms with van der Waals surface area (Å²) in [5.74, 6) is -1.81. The van der Waals surface area contributed by atoms with Gasteiger partial charge in [0.2, 0.25) is 0 Å². The van der Waals surface area contributed by atoms with E-state index in [1.165, 1.54) is 34.9 Å². The molecule has 1 amide bonds. The lowest BCUT2D eigenvalue weighted by atomic mass is 10.2. The molecule has 6 nitrogen and oxygen atoms in total. The fraction of sp³-hybridized carbons (Fsp3) is 0.0500. The predicted octanol–water partition coefficient (Wildman–Crippen LogP) is 4.64. The van der Waals surface area contributed by atoms with E-state index in [-0.39, 0.29) is 23.8 Å². The SMILES string of the molecule is C=CCN1C(=O)/C(=C/c2cccc(Br)c2)SC1=Nc1ccc(C(=O)O)c(O)c1. The zero-order valence-corrected chi connectivity index (χ0v) is 16.9. The number of phenols is 1. The van der Waals surface area contributed by atoms with Gasteiger partial charge >= 0.3 is 5.97 Å². The molecule has 1 aliphatic rings. The number of thioether (sulfide) groups is 1. The van der Waals surface area contributed by atoms with Crippen LogP contribution in [0.3, 0.4) is 0 Å². The highest BCUT2D eigenvalue weighted by molar-refractivity contribution is 9.10. The standard InChI is InChI=1S/C20H15BrN2O4S/c1-2-8-23-18(25)17(10-12-4-3-5-13(21)9-12)28-20(23)22-14-6-7-15(19(26)27)16(24)11-14/h2-7,9-11,24H,1,8H2,(H,26,27)/b17-10-,22-20?. The third-order valence-corrected chi connectivity index (χ3v) is 5.28. The van der Waals surface area contributed by atoms with Gasteiger partial charge in [-0.1, -0.05) is 34.1 Å². The number of aromatic carboxylic acids is 1. The molecule has 0 radical (unpaired) electrons. The summed E-state index contributed by atoms with van der Waals surface area (Å²) < 4.78 is 0.906. The molecule has 2 N–H and O–H groups in total. The fourth-order valence-electron chi connectivity index (χ4n) is 2.51. The lowest BCUT2D eigenvalue weighted by molar-refractivity contribution is -0.121. The number of carboxylic acids is 1. The van der Waals surface area contributed by atoms with Gasteiger partial charge in [-0.15, -0.1) is 6.58 Å². The number of nitrogens with zero attached hydrogens (tertiary/aromatic N) is 2. The molecule has 1 heterocycles. The summed E-state index contributed by atoms with van der Waals surface area (Å²) in [6.45, 7) is 3.95. The van der Waals surface area contributed by atoms with Gasteiger partial charge in [-0.2, -0.15) is 0 Å². The quantitative estimate of drug-likeness (QED) is 0.502. The van der Waals surface area contributed by atoms with E-state index in [2.05, 4.69) is 27.5 Å². The van der Waals surface area contributed by atoms with E-state index in [9.17, 15) is 14.7 Å². The highest BCUT2D eigenvalue weighted by atomic mass is 79.9. The summed E-state index contributed by atoms with van der Waals surface area (Å²) in [6, 6.07) is 11.6. The zero-order chi connectivity index (χ0) is 20.3. The lowest BCUT2D eigenvalue weighted by Crippen LogP contribution is -2.29.